The van der Waals surface area contributed by atoms with Gasteiger partial charge in [0.25, 0.3) is 0 Å². The molecule has 1 aromatic heterocycles. The predicted octanol–water partition coefficient (Wildman–Crippen LogP) is 4.27. The lowest BCUT2D eigenvalue weighted by atomic mass is 9.96. The van der Waals surface area contributed by atoms with E-state index in [9.17, 15) is 9.59 Å². The van der Waals surface area contributed by atoms with Crippen LogP contribution >= 0.6 is 0 Å². The van der Waals surface area contributed by atoms with E-state index in [-0.39, 0.29) is 17.7 Å². The summed E-state index contributed by atoms with van der Waals surface area (Å²) in [4.78, 5) is 34.6. The Kier molecular flexibility index (Phi) is 8.32. The van der Waals surface area contributed by atoms with E-state index in [1.807, 2.05) is 65.6 Å². The zero-order valence-electron chi connectivity index (χ0n) is 20.7. The van der Waals surface area contributed by atoms with Crippen molar-refractivity contribution in [2.75, 3.05) is 38.0 Å². The van der Waals surface area contributed by atoms with Gasteiger partial charge in [0.05, 0.1) is 11.0 Å². The van der Waals surface area contributed by atoms with Crippen molar-refractivity contribution < 1.29 is 9.59 Å². The van der Waals surface area contributed by atoms with Crippen molar-refractivity contribution in [1.82, 2.24) is 19.4 Å². The third-order valence-corrected chi connectivity index (χ3v) is 6.82. The van der Waals surface area contributed by atoms with E-state index >= 15 is 0 Å². The number of para-hydroxylation sites is 2. The standard InChI is InChI=1S/C28H35N5O2/c1-3-31(4-2)20-21-33-25-13-9-8-12-24(25)29-28(33)30-27(35)23-16-18-32(19-17-23)26(34)15-14-22-10-6-5-7-11-22/h5-15,23H,3-4,16-21H2,1-2H3,(H,29,30,35)/b15-14+. The number of nitrogens with zero attached hydrogens (tertiary/aromatic N) is 4. The van der Waals surface area contributed by atoms with Gasteiger partial charge in [0.2, 0.25) is 17.8 Å². The van der Waals surface area contributed by atoms with Gasteiger partial charge in [-0.3, -0.25) is 14.9 Å². The van der Waals surface area contributed by atoms with Crippen LogP contribution in [0.3, 0.4) is 0 Å². The van der Waals surface area contributed by atoms with Gasteiger partial charge in [-0.15, -0.1) is 0 Å². The van der Waals surface area contributed by atoms with Crippen molar-refractivity contribution in [1.29, 1.82) is 0 Å². The van der Waals surface area contributed by atoms with E-state index in [1.165, 1.54) is 0 Å². The highest BCUT2D eigenvalue weighted by Gasteiger charge is 2.27. The number of benzene rings is 2. The van der Waals surface area contributed by atoms with Crippen LogP contribution in [0.5, 0.6) is 0 Å². The second-order valence-corrected chi connectivity index (χ2v) is 8.94. The third-order valence-electron chi connectivity index (χ3n) is 6.82. The number of hydrogen-bond acceptors (Lipinski definition) is 4. The Bertz CT molecular complexity index is 1160. The van der Waals surface area contributed by atoms with Crippen molar-refractivity contribution in [2.24, 2.45) is 5.92 Å². The molecule has 0 saturated carbocycles. The molecule has 35 heavy (non-hydrogen) atoms. The van der Waals surface area contributed by atoms with Crippen LogP contribution in [-0.2, 0) is 16.1 Å². The number of carbonyl (C=O) groups is 2. The Hall–Kier alpha value is -3.45. The minimum absolute atomic E-state index is 0.00842. The van der Waals surface area contributed by atoms with E-state index in [1.54, 1.807) is 6.08 Å². The molecule has 2 aromatic carbocycles. The monoisotopic (exact) mass is 473 g/mol. The number of rotatable bonds is 9. The summed E-state index contributed by atoms with van der Waals surface area (Å²) in [7, 11) is 0. The van der Waals surface area contributed by atoms with E-state index in [0.717, 1.165) is 42.8 Å². The van der Waals surface area contributed by atoms with Crippen LogP contribution in [0, 0.1) is 5.92 Å². The number of imidazole rings is 1. The molecule has 1 saturated heterocycles. The fourth-order valence-electron chi connectivity index (χ4n) is 4.59. The number of hydrogen-bond donors (Lipinski definition) is 1. The smallest absolute Gasteiger partial charge is 0.246 e. The van der Waals surface area contributed by atoms with E-state index in [0.29, 0.717) is 31.9 Å². The Labute approximate surface area is 207 Å². The van der Waals surface area contributed by atoms with E-state index in [2.05, 4.69) is 28.6 Å². The molecule has 1 aliphatic heterocycles. The van der Waals surface area contributed by atoms with Gasteiger partial charge in [-0.1, -0.05) is 56.3 Å². The molecule has 1 N–H and O–H groups in total. The maximum absolute atomic E-state index is 13.1. The summed E-state index contributed by atoms with van der Waals surface area (Å²) in [5, 5.41) is 3.10. The average Bonchev–Trinajstić information content (AvgIpc) is 3.25. The second-order valence-electron chi connectivity index (χ2n) is 8.94. The summed E-state index contributed by atoms with van der Waals surface area (Å²) in [5.74, 6) is 0.447. The molecule has 1 fully saturated rings. The lowest BCUT2D eigenvalue weighted by Crippen LogP contribution is -2.41. The van der Waals surface area contributed by atoms with Gasteiger partial charge in [-0.25, -0.2) is 4.98 Å². The van der Waals surface area contributed by atoms with Crippen molar-refractivity contribution >= 4 is 34.9 Å². The Morgan fingerprint density at radius 2 is 1.71 bits per heavy atom. The van der Waals surface area contributed by atoms with Crippen LogP contribution in [0.4, 0.5) is 5.95 Å². The highest BCUT2D eigenvalue weighted by atomic mass is 16.2. The van der Waals surface area contributed by atoms with Crippen molar-refractivity contribution in [3.05, 3.63) is 66.2 Å². The summed E-state index contributed by atoms with van der Waals surface area (Å²) in [6, 6.07) is 17.8. The number of likely N-dealkylation sites (tertiary alicyclic amines) is 1. The molecule has 0 aliphatic carbocycles. The molecule has 0 spiro atoms. The van der Waals surface area contributed by atoms with Crippen LogP contribution in [0.2, 0.25) is 0 Å². The first kappa shape index (κ1) is 24.7. The van der Waals surface area contributed by atoms with Crippen LogP contribution < -0.4 is 5.32 Å². The van der Waals surface area contributed by atoms with Gasteiger partial charge in [0, 0.05) is 38.2 Å². The summed E-state index contributed by atoms with van der Waals surface area (Å²) >= 11 is 0. The molecule has 0 unspecified atom stereocenters. The lowest BCUT2D eigenvalue weighted by Gasteiger charge is -2.30. The fraction of sp³-hybridized carbons (Fsp3) is 0.393. The predicted molar refractivity (Wildman–Crippen MR) is 141 cm³/mol. The SMILES string of the molecule is CCN(CC)CCn1c(NC(=O)C2CCN(C(=O)/C=C/c3ccccc3)CC2)nc2ccccc21. The lowest BCUT2D eigenvalue weighted by molar-refractivity contribution is -0.130. The fourth-order valence-corrected chi connectivity index (χ4v) is 4.59. The molecule has 7 heteroatoms. The van der Waals surface area contributed by atoms with Crippen LogP contribution in [0.15, 0.2) is 60.7 Å². The highest BCUT2D eigenvalue weighted by Crippen LogP contribution is 2.23. The minimum atomic E-state index is -0.131. The zero-order valence-corrected chi connectivity index (χ0v) is 20.7. The average molecular weight is 474 g/mol. The topological polar surface area (TPSA) is 70.5 Å². The highest BCUT2D eigenvalue weighted by molar-refractivity contribution is 5.94. The van der Waals surface area contributed by atoms with Gasteiger partial charge in [-0.2, -0.15) is 0 Å². The van der Waals surface area contributed by atoms with Gasteiger partial charge in [-0.05, 0) is 49.7 Å². The quantitative estimate of drug-likeness (QED) is 0.471. The summed E-state index contributed by atoms with van der Waals surface area (Å²) in [5.41, 5.74) is 2.91. The molecular formula is C28H35N5O2. The van der Waals surface area contributed by atoms with E-state index in [4.69, 9.17) is 4.98 Å². The first-order valence-electron chi connectivity index (χ1n) is 12.6. The van der Waals surface area contributed by atoms with Gasteiger partial charge in [0.1, 0.15) is 0 Å². The van der Waals surface area contributed by atoms with Crippen molar-refractivity contribution in [3.8, 4) is 0 Å². The van der Waals surface area contributed by atoms with E-state index < -0.39 is 0 Å². The number of fused-ring (bicyclic) bond motifs is 1. The Balaban J connectivity index is 1.37. The molecule has 184 valence electrons. The summed E-state index contributed by atoms with van der Waals surface area (Å²) in [6.07, 6.45) is 4.75. The minimum Gasteiger partial charge on any atom is -0.339 e. The maximum Gasteiger partial charge on any atom is 0.246 e. The molecule has 0 radical (unpaired) electrons. The molecule has 1 aliphatic rings. The first-order chi connectivity index (χ1) is 17.1. The molecule has 7 nitrogen and oxygen atoms in total. The number of likely N-dealkylation sites (N-methyl/N-ethyl adjacent to an activating group) is 1. The number of amides is 2. The van der Waals surface area contributed by atoms with Crippen LogP contribution in [-0.4, -0.2) is 63.9 Å². The molecule has 4 rings (SSSR count). The first-order valence-corrected chi connectivity index (χ1v) is 12.6. The molecule has 2 amide bonds. The number of aromatic nitrogens is 2. The van der Waals surface area contributed by atoms with Crippen LogP contribution in [0.25, 0.3) is 17.1 Å². The van der Waals surface area contributed by atoms with Crippen LogP contribution in [0.1, 0.15) is 32.3 Å². The van der Waals surface area contributed by atoms with Gasteiger partial charge >= 0.3 is 0 Å². The number of nitrogens with one attached hydrogen (secondary N) is 1. The molecule has 3 aromatic rings. The molecule has 0 atom stereocenters. The second kappa shape index (κ2) is 11.8. The largest absolute Gasteiger partial charge is 0.339 e. The normalized spacial score (nSPS) is 14.8. The summed E-state index contributed by atoms with van der Waals surface area (Å²) < 4.78 is 2.11. The maximum atomic E-state index is 13.1. The zero-order chi connectivity index (χ0) is 24.6. The number of anilines is 1. The Morgan fingerprint density at radius 3 is 2.43 bits per heavy atom. The van der Waals surface area contributed by atoms with Crippen molar-refractivity contribution in [2.45, 2.75) is 33.2 Å². The number of carbonyl (C=O) groups excluding carboxylic acids is 2. The summed E-state index contributed by atoms with van der Waals surface area (Å²) in [6.45, 7) is 9.11. The molecule has 0 bridgehead atoms. The third kappa shape index (κ3) is 6.17. The molecule has 2 heterocycles. The molecular weight excluding hydrogens is 438 g/mol. The Morgan fingerprint density at radius 1 is 1.03 bits per heavy atom. The van der Waals surface area contributed by atoms with Gasteiger partial charge < -0.3 is 14.4 Å². The van der Waals surface area contributed by atoms with Crippen molar-refractivity contribution in [3.63, 3.8) is 0 Å². The number of piperidine rings is 1. The van der Waals surface area contributed by atoms with Gasteiger partial charge in [0.15, 0.2) is 0 Å².